The second kappa shape index (κ2) is 4.99. The topological polar surface area (TPSA) is 21.3 Å². The summed E-state index contributed by atoms with van der Waals surface area (Å²) in [5.74, 6) is 0.980. The number of benzene rings is 1. The van der Waals surface area contributed by atoms with E-state index >= 15 is 0 Å². The van der Waals surface area contributed by atoms with Crippen LogP contribution in [0.4, 0.5) is 0 Å². The Balaban J connectivity index is 2.08. The Bertz CT molecular complexity index is 336. The maximum atomic E-state index is 5.63. The SMILES string of the molecule is CCOc1c(Br)cccc1CNC1CC1. The molecule has 1 saturated carbocycles. The zero-order valence-corrected chi connectivity index (χ0v) is 10.5. The van der Waals surface area contributed by atoms with Gasteiger partial charge in [-0.15, -0.1) is 0 Å². The first kappa shape index (κ1) is 11.0. The summed E-state index contributed by atoms with van der Waals surface area (Å²) in [6.45, 7) is 3.62. The van der Waals surface area contributed by atoms with Gasteiger partial charge in [-0.3, -0.25) is 0 Å². The molecule has 1 aromatic rings. The molecule has 0 radical (unpaired) electrons. The van der Waals surface area contributed by atoms with Crippen LogP contribution in [0.5, 0.6) is 5.75 Å². The molecule has 2 rings (SSSR count). The van der Waals surface area contributed by atoms with E-state index in [9.17, 15) is 0 Å². The number of hydrogen-bond donors (Lipinski definition) is 1. The summed E-state index contributed by atoms with van der Waals surface area (Å²) in [6.07, 6.45) is 2.63. The molecule has 0 amide bonds. The largest absolute Gasteiger partial charge is 0.492 e. The smallest absolute Gasteiger partial charge is 0.137 e. The van der Waals surface area contributed by atoms with Gasteiger partial charge in [0.2, 0.25) is 0 Å². The average molecular weight is 270 g/mol. The molecule has 1 aromatic carbocycles. The third-order valence-corrected chi connectivity index (χ3v) is 3.12. The van der Waals surface area contributed by atoms with Gasteiger partial charge in [0, 0.05) is 18.2 Å². The first-order valence-electron chi connectivity index (χ1n) is 5.45. The highest BCUT2D eigenvalue weighted by molar-refractivity contribution is 9.10. The lowest BCUT2D eigenvalue weighted by Gasteiger charge is -2.12. The fourth-order valence-electron chi connectivity index (χ4n) is 1.54. The summed E-state index contributed by atoms with van der Waals surface area (Å²) < 4.78 is 6.67. The summed E-state index contributed by atoms with van der Waals surface area (Å²) in [4.78, 5) is 0. The van der Waals surface area contributed by atoms with Crippen molar-refractivity contribution in [2.75, 3.05) is 6.61 Å². The molecule has 0 aliphatic heterocycles. The second-order valence-electron chi connectivity index (χ2n) is 3.82. The minimum Gasteiger partial charge on any atom is -0.492 e. The molecular formula is C12H16BrNO. The van der Waals surface area contributed by atoms with Gasteiger partial charge < -0.3 is 10.1 Å². The molecule has 1 fully saturated rings. The first-order valence-corrected chi connectivity index (χ1v) is 6.24. The fraction of sp³-hybridized carbons (Fsp3) is 0.500. The lowest BCUT2D eigenvalue weighted by atomic mass is 10.2. The maximum absolute atomic E-state index is 5.63. The highest BCUT2D eigenvalue weighted by Gasteiger charge is 2.20. The Hall–Kier alpha value is -0.540. The van der Waals surface area contributed by atoms with Gasteiger partial charge in [0.25, 0.3) is 0 Å². The van der Waals surface area contributed by atoms with Crippen LogP contribution >= 0.6 is 15.9 Å². The van der Waals surface area contributed by atoms with Crippen LogP contribution in [-0.2, 0) is 6.54 Å². The van der Waals surface area contributed by atoms with Crippen LogP contribution in [-0.4, -0.2) is 12.6 Å². The molecule has 0 heterocycles. The summed E-state index contributed by atoms with van der Waals surface area (Å²) in [7, 11) is 0. The number of hydrogen-bond acceptors (Lipinski definition) is 2. The van der Waals surface area contributed by atoms with Gasteiger partial charge in [-0.05, 0) is 41.8 Å². The molecule has 1 aliphatic rings. The molecule has 0 atom stereocenters. The van der Waals surface area contributed by atoms with Crippen molar-refractivity contribution >= 4 is 15.9 Å². The Morgan fingerprint density at radius 3 is 2.93 bits per heavy atom. The van der Waals surface area contributed by atoms with Crippen molar-refractivity contribution in [3.63, 3.8) is 0 Å². The van der Waals surface area contributed by atoms with E-state index in [2.05, 4.69) is 33.4 Å². The zero-order valence-electron chi connectivity index (χ0n) is 8.92. The molecule has 3 heteroatoms. The third-order valence-electron chi connectivity index (χ3n) is 2.50. The van der Waals surface area contributed by atoms with Gasteiger partial charge in [0.15, 0.2) is 0 Å². The average Bonchev–Trinajstić information content (AvgIpc) is 3.03. The Morgan fingerprint density at radius 1 is 1.47 bits per heavy atom. The second-order valence-corrected chi connectivity index (χ2v) is 4.67. The van der Waals surface area contributed by atoms with Gasteiger partial charge >= 0.3 is 0 Å². The number of halogens is 1. The van der Waals surface area contributed by atoms with Crippen LogP contribution in [0.3, 0.4) is 0 Å². The summed E-state index contributed by atoms with van der Waals surface area (Å²) in [6, 6.07) is 6.92. The number of nitrogens with one attached hydrogen (secondary N) is 1. The minimum atomic E-state index is 0.707. The van der Waals surface area contributed by atoms with Crippen molar-refractivity contribution in [2.45, 2.75) is 32.4 Å². The van der Waals surface area contributed by atoms with Crippen LogP contribution in [0.1, 0.15) is 25.3 Å². The van der Waals surface area contributed by atoms with Crippen molar-refractivity contribution in [3.8, 4) is 5.75 Å². The van der Waals surface area contributed by atoms with E-state index in [-0.39, 0.29) is 0 Å². The van der Waals surface area contributed by atoms with Gasteiger partial charge in [-0.1, -0.05) is 12.1 Å². The molecule has 0 saturated heterocycles. The van der Waals surface area contributed by atoms with Crippen molar-refractivity contribution in [1.82, 2.24) is 5.32 Å². The monoisotopic (exact) mass is 269 g/mol. The van der Waals surface area contributed by atoms with Gasteiger partial charge in [0.1, 0.15) is 5.75 Å². The molecule has 0 spiro atoms. The zero-order chi connectivity index (χ0) is 10.7. The molecule has 0 bridgehead atoms. The van der Waals surface area contributed by atoms with Gasteiger partial charge in [-0.2, -0.15) is 0 Å². The Kier molecular flexibility index (Phi) is 3.65. The molecular weight excluding hydrogens is 254 g/mol. The van der Waals surface area contributed by atoms with Gasteiger partial charge in [-0.25, -0.2) is 0 Å². The number of para-hydroxylation sites is 1. The molecule has 0 aromatic heterocycles. The van der Waals surface area contributed by atoms with Crippen molar-refractivity contribution < 1.29 is 4.74 Å². The lowest BCUT2D eigenvalue weighted by molar-refractivity contribution is 0.333. The predicted molar refractivity (Wildman–Crippen MR) is 65.2 cm³/mol. The lowest BCUT2D eigenvalue weighted by Crippen LogP contribution is -2.16. The number of rotatable bonds is 5. The molecule has 2 nitrogen and oxygen atoms in total. The predicted octanol–water partition coefficient (Wildman–Crippen LogP) is 3.10. The van der Waals surface area contributed by atoms with E-state index < -0.39 is 0 Å². The van der Waals surface area contributed by atoms with E-state index in [0.29, 0.717) is 6.61 Å². The standard InChI is InChI=1S/C12H16BrNO/c1-2-15-12-9(4-3-5-11(12)13)8-14-10-6-7-10/h3-5,10,14H,2,6-8H2,1H3. The normalized spacial score (nSPS) is 15.3. The summed E-state index contributed by atoms with van der Waals surface area (Å²) in [5.41, 5.74) is 1.23. The Labute approximate surface area is 99.1 Å². The van der Waals surface area contributed by atoms with Crippen LogP contribution in [0.2, 0.25) is 0 Å². The molecule has 0 unspecified atom stereocenters. The van der Waals surface area contributed by atoms with E-state index in [1.165, 1.54) is 18.4 Å². The summed E-state index contributed by atoms with van der Waals surface area (Å²) in [5, 5.41) is 3.50. The van der Waals surface area contributed by atoms with Crippen LogP contribution < -0.4 is 10.1 Å². The minimum absolute atomic E-state index is 0.707. The van der Waals surface area contributed by atoms with Crippen molar-refractivity contribution in [3.05, 3.63) is 28.2 Å². The third kappa shape index (κ3) is 2.95. The van der Waals surface area contributed by atoms with Crippen LogP contribution in [0.25, 0.3) is 0 Å². The molecule has 15 heavy (non-hydrogen) atoms. The highest BCUT2D eigenvalue weighted by atomic mass is 79.9. The number of ether oxygens (including phenoxy) is 1. The fourth-order valence-corrected chi connectivity index (χ4v) is 2.06. The maximum Gasteiger partial charge on any atom is 0.137 e. The van der Waals surface area contributed by atoms with E-state index in [4.69, 9.17) is 4.74 Å². The molecule has 82 valence electrons. The highest BCUT2D eigenvalue weighted by Crippen LogP contribution is 2.30. The quantitative estimate of drug-likeness (QED) is 0.887. The molecule has 1 aliphatic carbocycles. The Morgan fingerprint density at radius 2 is 2.27 bits per heavy atom. The molecule has 1 N–H and O–H groups in total. The van der Waals surface area contributed by atoms with E-state index in [1.54, 1.807) is 0 Å². The van der Waals surface area contributed by atoms with Crippen LogP contribution in [0, 0.1) is 0 Å². The van der Waals surface area contributed by atoms with Crippen LogP contribution in [0.15, 0.2) is 22.7 Å². The van der Waals surface area contributed by atoms with Gasteiger partial charge in [0.05, 0.1) is 11.1 Å². The summed E-state index contributed by atoms with van der Waals surface area (Å²) >= 11 is 3.52. The van der Waals surface area contributed by atoms with Crippen molar-refractivity contribution in [2.24, 2.45) is 0 Å². The van der Waals surface area contributed by atoms with Crippen molar-refractivity contribution in [1.29, 1.82) is 0 Å². The van der Waals surface area contributed by atoms with E-state index in [1.807, 2.05) is 13.0 Å². The van der Waals surface area contributed by atoms with E-state index in [0.717, 1.165) is 22.8 Å². The first-order chi connectivity index (χ1) is 7.31.